The number of amides is 1. The number of rotatable bonds is 6. The minimum Gasteiger partial charge on any atom is -0.283 e. The highest BCUT2D eigenvalue weighted by Gasteiger charge is 2.34. The van der Waals surface area contributed by atoms with Crippen molar-refractivity contribution in [2.24, 2.45) is 5.92 Å². The predicted molar refractivity (Wildman–Crippen MR) is 126 cm³/mol. The monoisotopic (exact) mass is 457 g/mol. The van der Waals surface area contributed by atoms with Crippen LogP contribution in [0.1, 0.15) is 30.9 Å². The fourth-order valence-electron chi connectivity index (χ4n) is 3.96. The van der Waals surface area contributed by atoms with Gasteiger partial charge in [-0.3, -0.25) is 9.69 Å². The number of aromatic nitrogens is 1. The molecule has 0 aliphatic carbocycles. The average Bonchev–Trinajstić information content (AvgIpc) is 3.20. The number of fused-ring (bicyclic) bond motifs is 1. The topological polar surface area (TPSA) is 70.6 Å². The van der Waals surface area contributed by atoms with E-state index >= 15 is 0 Å². The number of sulfonamides is 1. The largest absolute Gasteiger partial charge is 0.283 e. The van der Waals surface area contributed by atoms with Crippen molar-refractivity contribution in [1.29, 1.82) is 0 Å². The van der Waals surface area contributed by atoms with Gasteiger partial charge in [0.15, 0.2) is 5.13 Å². The van der Waals surface area contributed by atoms with Crippen LogP contribution in [-0.2, 0) is 27.8 Å². The highest BCUT2D eigenvalue weighted by molar-refractivity contribution is 7.88. The number of hydrogen-bond acceptors (Lipinski definition) is 5. The van der Waals surface area contributed by atoms with Crippen LogP contribution in [0.25, 0.3) is 10.2 Å². The van der Waals surface area contributed by atoms with Crippen molar-refractivity contribution < 1.29 is 13.2 Å². The summed E-state index contributed by atoms with van der Waals surface area (Å²) < 4.78 is 26.6. The molecule has 164 valence electrons. The van der Waals surface area contributed by atoms with Crippen LogP contribution >= 0.6 is 11.3 Å². The first-order chi connectivity index (χ1) is 14.8. The summed E-state index contributed by atoms with van der Waals surface area (Å²) in [4.78, 5) is 20.1. The Bertz CT molecular complexity index is 1180. The van der Waals surface area contributed by atoms with E-state index in [-0.39, 0.29) is 18.4 Å². The molecule has 1 fully saturated rings. The molecule has 0 spiro atoms. The van der Waals surface area contributed by atoms with Crippen LogP contribution in [0.2, 0.25) is 0 Å². The van der Waals surface area contributed by atoms with Crippen LogP contribution in [0.4, 0.5) is 5.13 Å². The number of carbonyl (C=O) groups is 1. The maximum absolute atomic E-state index is 13.6. The fourth-order valence-corrected chi connectivity index (χ4v) is 5.91. The molecule has 1 atom stereocenters. The number of piperidine rings is 1. The van der Waals surface area contributed by atoms with E-state index in [1.54, 1.807) is 4.90 Å². The number of aryl methyl sites for hydroxylation is 1. The third-order valence-electron chi connectivity index (χ3n) is 5.73. The second-order valence-electron chi connectivity index (χ2n) is 8.02. The van der Waals surface area contributed by atoms with Crippen molar-refractivity contribution in [2.75, 3.05) is 24.2 Å². The molecule has 0 N–H and O–H groups in total. The van der Waals surface area contributed by atoms with E-state index in [1.807, 2.05) is 36.4 Å². The SMILES string of the molecule is CCc1ccc2nc(N(Cc3ccccc3)C(=O)C3CCCN(S(C)(=O)=O)C3)sc2c1. The van der Waals surface area contributed by atoms with Gasteiger partial charge in [-0.25, -0.2) is 17.7 Å². The third kappa shape index (κ3) is 4.97. The van der Waals surface area contributed by atoms with E-state index < -0.39 is 10.0 Å². The molecular formula is C23H27N3O3S2. The molecule has 1 saturated heterocycles. The first-order valence-corrected chi connectivity index (χ1v) is 13.2. The summed E-state index contributed by atoms with van der Waals surface area (Å²) >= 11 is 1.51. The Morgan fingerprint density at radius 2 is 1.97 bits per heavy atom. The van der Waals surface area contributed by atoms with Gasteiger partial charge in [0.05, 0.1) is 28.9 Å². The Kier molecular flexibility index (Phi) is 6.41. The normalized spacial score (nSPS) is 17.7. The summed E-state index contributed by atoms with van der Waals surface area (Å²) in [6.07, 6.45) is 3.52. The van der Waals surface area contributed by atoms with Crippen LogP contribution in [0.3, 0.4) is 0 Å². The Balaban J connectivity index is 1.68. The lowest BCUT2D eigenvalue weighted by Gasteiger charge is -2.33. The Morgan fingerprint density at radius 1 is 1.19 bits per heavy atom. The van der Waals surface area contributed by atoms with Crippen LogP contribution in [0.5, 0.6) is 0 Å². The zero-order chi connectivity index (χ0) is 22.0. The minimum atomic E-state index is -3.32. The Labute approximate surface area is 187 Å². The molecular weight excluding hydrogens is 430 g/mol. The van der Waals surface area contributed by atoms with Gasteiger partial charge in [0.25, 0.3) is 0 Å². The third-order valence-corrected chi connectivity index (χ3v) is 8.04. The Morgan fingerprint density at radius 3 is 2.68 bits per heavy atom. The van der Waals surface area contributed by atoms with Crippen molar-refractivity contribution in [3.8, 4) is 0 Å². The van der Waals surface area contributed by atoms with Gasteiger partial charge in [0, 0.05) is 13.1 Å². The maximum atomic E-state index is 13.6. The lowest BCUT2D eigenvalue weighted by molar-refractivity contribution is -0.123. The molecule has 4 rings (SSSR count). The van der Waals surface area contributed by atoms with E-state index in [0.717, 1.165) is 22.2 Å². The lowest BCUT2D eigenvalue weighted by atomic mass is 9.98. The van der Waals surface area contributed by atoms with Gasteiger partial charge in [-0.1, -0.05) is 54.7 Å². The summed E-state index contributed by atoms with van der Waals surface area (Å²) in [6.45, 7) is 3.23. The van der Waals surface area contributed by atoms with Crippen molar-refractivity contribution >= 4 is 42.6 Å². The highest BCUT2D eigenvalue weighted by atomic mass is 32.2. The molecule has 1 amide bonds. The van der Waals surface area contributed by atoms with E-state index in [1.165, 1.54) is 27.5 Å². The molecule has 0 bridgehead atoms. The second-order valence-corrected chi connectivity index (χ2v) is 11.0. The first kappa shape index (κ1) is 21.9. The van der Waals surface area contributed by atoms with Gasteiger partial charge in [-0.05, 0) is 42.5 Å². The quantitative estimate of drug-likeness (QED) is 0.560. The molecule has 1 aliphatic rings. The van der Waals surface area contributed by atoms with Crippen molar-refractivity contribution in [2.45, 2.75) is 32.7 Å². The van der Waals surface area contributed by atoms with Crippen molar-refractivity contribution in [3.63, 3.8) is 0 Å². The van der Waals surface area contributed by atoms with Crippen molar-refractivity contribution in [1.82, 2.24) is 9.29 Å². The van der Waals surface area contributed by atoms with Gasteiger partial charge in [-0.15, -0.1) is 0 Å². The lowest BCUT2D eigenvalue weighted by Crippen LogP contribution is -2.46. The summed E-state index contributed by atoms with van der Waals surface area (Å²) in [5.74, 6) is -0.433. The summed E-state index contributed by atoms with van der Waals surface area (Å²) in [5, 5.41) is 0.661. The zero-order valence-corrected chi connectivity index (χ0v) is 19.5. The second kappa shape index (κ2) is 9.06. The van der Waals surface area contributed by atoms with Gasteiger partial charge in [0.2, 0.25) is 15.9 Å². The number of carbonyl (C=O) groups excluding carboxylic acids is 1. The minimum absolute atomic E-state index is 0.0630. The number of nitrogens with zero attached hydrogens (tertiary/aromatic N) is 3. The van der Waals surface area contributed by atoms with Gasteiger partial charge < -0.3 is 0 Å². The maximum Gasteiger partial charge on any atom is 0.233 e. The highest BCUT2D eigenvalue weighted by Crippen LogP contribution is 2.33. The molecule has 3 aromatic rings. The van der Waals surface area contributed by atoms with E-state index in [4.69, 9.17) is 4.98 Å². The molecule has 2 aromatic carbocycles. The summed E-state index contributed by atoms with van der Waals surface area (Å²) in [6, 6.07) is 16.1. The molecule has 1 aliphatic heterocycles. The molecule has 0 saturated carbocycles. The molecule has 0 radical (unpaired) electrons. The Hall–Kier alpha value is -2.29. The standard InChI is InChI=1S/C23H27N3O3S2/c1-3-17-11-12-20-21(14-17)30-23(24-20)26(15-18-8-5-4-6-9-18)22(27)19-10-7-13-25(16-19)31(2,28)29/h4-6,8-9,11-12,14,19H,3,7,10,13,15-16H2,1-2H3. The summed E-state index contributed by atoms with van der Waals surface area (Å²) in [5.41, 5.74) is 3.13. The predicted octanol–water partition coefficient (Wildman–Crippen LogP) is 4.06. The molecule has 6 nitrogen and oxygen atoms in total. The van der Waals surface area contributed by atoms with Crippen LogP contribution in [0.15, 0.2) is 48.5 Å². The number of thiazole rings is 1. The van der Waals surface area contributed by atoms with E-state index in [0.29, 0.717) is 31.1 Å². The molecule has 1 aromatic heterocycles. The number of benzene rings is 2. The van der Waals surface area contributed by atoms with Crippen LogP contribution in [-0.4, -0.2) is 43.0 Å². The smallest absolute Gasteiger partial charge is 0.233 e. The van der Waals surface area contributed by atoms with Gasteiger partial charge in [-0.2, -0.15) is 0 Å². The summed E-state index contributed by atoms with van der Waals surface area (Å²) in [7, 11) is -3.32. The van der Waals surface area contributed by atoms with Crippen molar-refractivity contribution in [3.05, 3.63) is 59.7 Å². The van der Waals surface area contributed by atoms with E-state index in [2.05, 4.69) is 19.1 Å². The van der Waals surface area contributed by atoms with Gasteiger partial charge >= 0.3 is 0 Å². The fraction of sp³-hybridized carbons (Fsp3) is 0.391. The van der Waals surface area contributed by atoms with E-state index in [9.17, 15) is 13.2 Å². The van der Waals surface area contributed by atoms with Crippen LogP contribution in [0, 0.1) is 5.92 Å². The molecule has 31 heavy (non-hydrogen) atoms. The molecule has 2 heterocycles. The average molecular weight is 458 g/mol. The van der Waals surface area contributed by atoms with Gasteiger partial charge in [0.1, 0.15) is 0 Å². The molecule has 8 heteroatoms. The molecule has 1 unspecified atom stereocenters. The number of anilines is 1. The van der Waals surface area contributed by atoms with Crippen LogP contribution < -0.4 is 4.90 Å². The zero-order valence-electron chi connectivity index (χ0n) is 17.8. The first-order valence-electron chi connectivity index (χ1n) is 10.5. The number of hydrogen-bond donors (Lipinski definition) is 0.